The van der Waals surface area contributed by atoms with E-state index in [1.165, 1.54) is 31.4 Å². The molecule has 9 nitrogen and oxygen atoms in total. The fraction of sp³-hybridized carbons (Fsp3) is 0.524. The number of esters is 2. The highest BCUT2D eigenvalue weighted by molar-refractivity contribution is 7.90. The smallest absolute Gasteiger partial charge is 0.355 e. The first kappa shape index (κ1) is 23.1. The van der Waals surface area contributed by atoms with Crippen LogP contribution in [-0.2, 0) is 33.6 Å². The molecule has 2 aliphatic heterocycles. The van der Waals surface area contributed by atoms with Crippen LogP contribution in [0.1, 0.15) is 25.7 Å². The average Bonchev–Trinajstić information content (AvgIpc) is 3.06. The Morgan fingerprint density at radius 2 is 1.65 bits per heavy atom. The van der Waals surface area contributed by atoms with E-state index in [9.17, 15) is 18.0 Å². The molecule has 2 heterocycles. The van der Waals surface area contributed by atoms with E-state index >= 15 is 0 Å². The maximum absolute atomic E-state index is 12.5. The number of anilines is 2. The van der Waals surface area contributed by atoms with Gasteiger partial charge in [0, 0.05) is 25.0 Å². The lowest BCUT2D eigenvalue weighted by Crippen LogP contribution is -2.39. The van der Waals surface area contributed by atoms with E-state index in [2.05, 4.69) is 4.90 Å². The maximum atomic E-state index is 12.5. The van der Waals surface area contributed by atoms with Crippen LogP contribution in [0.5, 0.6) is 0 Å². The molecule has 1 aromatic carbocycles. The zero-order valence-electron chi connectivity index (χ0n) is 18.0. The van der Waals surface area contributed by atoms with E-state index in [4.69, 9.17) is 14.2 Å². The van der Waals surface area contributed by atoms with Crippen LogP contribution in [0, 0.1) is 0 Å². The molecular formula is C21H28N2O7S. The number of ether oxygens (including phenoxy) is 3. The van der Waals surface area contributed by atoms with Crippen LogP contribution in [0.3, 0.4) is 0 Å². The number of benzene rings is 1. The van der Waals surface area contributed by atoms with Crippen molar-refractivity contribution in [2.75, 3.05) is 56.7 Å². The quantitative estimate of drug-likeness (QED) is 0.619. The molecule has 3 rings (SSSR count). The predicted octanol–water partition coefficient (Wildman–Crippen LogP) is 1.86. The molecule has 0 atom stereocenters. The second-order valence-electron chi connectivity index (χ2n) is 7.54. The van der Waals surface area contributed by atoms with Crippen LogP contribution >= 0.6 is 0 Å². The summed E-state index contributed by atoms with van der Waals surface area (Å²) in [5.74, 6) is -1.39. The second-order valence-corrected chi connectivity index (χ2v) is 9.53. The molecule has 1 aromatic rings. The number of hydrogen-bond donors (Lipinski definition) is 0. The third kappa shape index (κ3) is 5.01. The number of rotatable bonds is 5. The highest BCUT2D eigenvalue weighted by atomic mass is 32.2. The van der Waals surface area contributed by atoms with Crippen molar-refractivity contribution < 1.29 is 32.2 Å². The minimum Gasteiger partial charge on any atom is -0.466 e. The van der Waals surface area contributed by atoms with Gasteiger partial charge in [0.05, 0.1) is 37.0 Å². The number of methoxy groups -OCH3 is 2. The molecule has 1 saturated heterocycles. The Balaban J connectivity index is 2.13. The Hall–Kier alpha value is -2.59. The highest BCUT2D eigenvalue weighted by Crippen LogP contribution is 2.35. The van der Waals surface area contributed by atoms with E-state index in [0.29, 0.717) is 11.4 Å². The van der Waals surface area contributed by atoms with Gasteiger partial charge in [-0.1, -0.05) is 12.8 Å². The molecule has 31 heavy (non-hydrogen) atoms. The van der Waals surface area contributed by atoms with Crippen LogP contribution in [0.15, 0.2) is 34.4 Å². The van der Waals surface area contributed by atoms with Gasteiger partial charge in [-0.05, 0) is 31.0 Å². The molecule has 0 N–H and O–H groups in total. The standard InChI is InChI=1S/C21H28N2O7S/c1-28-20(24)16-13-30-14-23(19(16)21(25)29-2)15-8-9-18(31(3,26)27)17(12-15)22-10-6-4-5-7-11-22/h8-9,12H,4-7,10-11,13-14H2,1-3H3. The first-order valence-electron chi connectivity index (χ1n) is 10.1. The average molecular weight is 453 g/mol. The SMILES string of the molecule is COC(=O)C1=C(C(=O)OC)N(c2ccc(S(C)(=O)=O)c(N3CCCCCC3)c2)COC1. The fourth-order valence-corrected chi connectivity index (χ4v) is 4.78. The van der Waals surface area contributed by atoms with Crippen molar-refractivity contribution >= 4 is 33.2 Å². The molecule has 10 heteroatoms. The van der Waals surface area contributed by atoms with E-state index in [-0.39, 0.29) is 29.5 Å². The zero-order chi connectivity index (χ0) is 22.6. The van der Waals surface area contributed by atoms with Gasteiger partial charge in [-0.15, -0.1) is 0 Å². The number of carbonyl (C=O) groups is 2. The number of nitrogens with zero attached hydrogens (tertiary/aromatic N) is 2. The van der Waals surface area contributed by atoms with Crippen molar-refractivity contribution in [2.45, 2.75) is 30.6 Å². The van der Waals surface area contributed by atoms with Gasteiger partial charge in [0.2, 0.25) is 0 Å². The van der Waals surface area contributed by atoms with Crippen LogP contribution in [0.2, 0.25) is 0 Å². The Kier molecular flexibility index (Phi) is 7.22. The summed E-state index contributed by atoms with van der Waals surface area (Å²) in [6.07, 6.45) is 5.33. The monoisotopic (exact) mass is 452 g/mol. The number of hydrogen-bond acceptors (Lipinski definition) is 9. The molecular weight excluding hydrogens is 424 g/mol. The molecule has 0 radical (unpaired) electrons. The molecule has 1 fully saturated rings. The topological polar surface area (TPSA) is 102 Å². The zero-order valence-corrected chi connectivity index (χ0v) is 18.9. The summed E-state index contributed by atoms with van der Waals surface area (Å²) >= 11 is 0. The molecule has 0 spiro atoms. The lowest BCUT2D eigenvalue weighted by atomic mass is 10.1. The Morgan fingerprint density at radius 1 is 1.00 bits per heavy atom. The van der Waals surface area contributed by atoms with Crippen molar-refractivity contribution in [1.29, 1.82) is 0 Å². The van der Waals surface area contributed by atoms with Gasteiger partial charge < -0.3 is 24.0 Å². The molecule has 170 valence electrons. The summed E-state index contributed by atoms with van der Waals surface area (Å²) in [6.45, 7) is 1.40. The Labute approximate surface area is 182 Å². The van der Waals surface area contributed by atoms with Gasteiger partial charge in [-0.25, -0.2) is 18.0 Å². The first-order valence-corrected chi connectivity index (χ1v) is 12.0. The number of carbonyl (C=O) groups excluding carboxylic acids is 2. The summed E-state index contributed by atoms with van der Waals surface area (Å²) in [5.41, 5.74) is 1.17. The van der Waals surface area contributed by atoms with Gasteiger partial charge >= 0.3 is 11.9 Å². The summed E-state index contributed by atoms with van der Waals surface area (Å²) in [7, 11) is -1.02. The largest absolute Gasteiger partial charge is 0.466 e. The number of sulfone groups is 1. The van der Waals surface area contributed by atoms with Gasteiger partial charge in [-0.3, -0.25) is 0 Å². The van der Waals surface area contributed by atoms with Crippen molar-refractivity contribution in [2.24, 2.45) is 0 Å². The highest BCUT2D eigenvalue weighted by Gasteiger charge is 2.33. The van der Waals surface area contributed by atoms with Gasteiger partial charge in [0.25, 0.3) is 0 Å². The normalized spacial score (nSPS) is 17.9. The van der Waals surface area contributed by atoms with Gasteiger partial charge in [0.1, 0.15) is 12.4 Å². The first-order chi connectivity index (χ1) is 14.8. The van der Waals surface area contributed by atoms with E-state index in [1.807, 2.05) is 0 Å². The summed E-state index contributed by atoms with van der Waals surface area (Å²) in [4.78, 5) is 28.6. The molecule has 0 aromatic heterocycles. The lowest BCUT2D eigenvalue weighted by molar-refractivity contribution is -0.140. The van der Waals surface area contributed by atoms with Gasteiger partial charge in [0.15, 0.2) is 9.84 Å². The summed E-state index contributed by atoms with van der Waals surface area (Å²) in [5, 5.41) is 0. The second kappa shape index (κ2) is 9.69. The van der Waals surface area contributed by atoms with Crippen LogP contribution in [0.25, 0.3) is 0 Å². The molecule has 0 bridgehead atoms. The molecule has 0 aliphatic carbocycles. The van der Waals surface area contributed by atoms with Crippen molar-refractivity contribution in [3.05, 3.63) is 29.5 Å². The molecule has 0 unspecified atom stereocenters. The van der Waals surface area contributed by atoms with E-state index in [0.717, 1.165) is 38.8 Å². The minimum absolute atomic E-state index is 0.00257. The van der Waals surface area contributed by atoms with Crippen LogP contribution in [0.4, 0.5) is 11.4 Å². The van der Waals surface area contributed by atoms with Gasteiger partial charge in [-0.2, -0.15) is 0 Å². The lowest BCUT2D eigenvalue weighted by Gasteiger charge is -2.33. The molecule has 0 amide bonds. The van der Waals surface area contributed by atoms with Crippen molar-refractivity contribution in [3.8, 4) is 0 Å². The fourth-order valence-electron chi connectivity index (χ4n) is 3.89. The summed E-state index contributed by atoms with van der Waals surface area (Å²) in [6, 6.07) is 4.87. The molecule has 2 aliphatic rings. The summed E-state index contributed by atoms with van der Waals surface area (Å²) < 4.78 is 40.1. The van der Waals surface area contributed by atoms with E-state index < -0.39 is 21.8 Å². The van der Waals surface area contributed by atoms with Crippen molar-refractivity contribution in [1.82, 2.24) is 0 Å². The third-order valence-corrected chi connectivity index (χ3v) is 6.58. The predicted molar refractivity (Wildman–Crippen MR) is 115 cm³/mol. The maximum Gasteiger partial charge on any atom is 0.355 e. The Bertz CT molecular complexity index is 979. The van der Waals surface area contributed by atoms with Crippen LogP contribution in [-0.4, -0.2) is 67.3 Å². The van der Waals surface area contributed by atoms with Crippen LogP contribution < -0.4 is 9.80 Å². The third-order valence-electron chi connectivity index (χ3n) is 5.43. The molecule has 0 saturated carbocycles. The Morgan fingerprint density at radius 3 is 2.23 bits per heavy atom. The van der Waals surface area contributed by atoms with E-state index in [1.54, 1.807) is 12.1 Å². The minimum atomic E-state index is -3.47. The van der Waals surface area contributed by atoms with Crippen molar-refractivity contribution in [3.63, 3.8) is 0 Å².